The molecular weight excluding hydrogens is 242 g/mol. The molecule has 0 aliphatic heterocycles. The van der Waals surface area contributed by atoms with Gasteiger partial charge in [0.05, 0.1) is 17.6 Å². The van der Waals surface area contributed by atoms with E-state index in [0.717, 1.165) is 29.5 Å². The summed E-state index contributed by atoms with van der Waals surface area (Å²) in [6, 6.07) is 3.46. The normalized spacial score (nSPS) is 10.2. The van der Waals surface area contributed by atoms with E-state index in [9.17, 15) is 10.1 Å². The van der Waals surface area contributed by atoms with Gasteiger partial charge in [0.25, 0.3) is 5.69 Å². The first-order valence-electron chi connectivity index (χ1n) is 6.48. The Morgan fingerprint density at radius 1 is 1.21 bits per heavy atom. The molecule has 0 atom stereocenters. The zero-order valence-corrected chi connectivity index (χ0v) is 12.2. The zero-order valence-electron chi connectivity index (χ0n) is 12.2. The van der Waals surface area contributed by atoms with Crippen LogP contribution in [0.2, 0.25) is 0 Å². The van der Waals surface area contributed by atoms with Crippen molar-refractivity contribution < 1.29 is 9.66 Å². The highest BCUT2D eigenvalue weighted by Gasteiger charge is 2.21. The largest absolute Gasteiger partial charge is 0.496 e. The Morgan fingerprint density at radius 3 is 2.16 bits per heavy atom. The Balaban J connectivity index is 3.59. The molecule has 1 aromatic carbocycles. The second-order valence-corrected chi connectivity index (χ2v) is 4.55. The number of nitro benzene ring substituents is 1. The molecule has 0 amide bonds. The molecule has 0 radical (unpaired) electrons. The van der Waals surface area contributed by atoms with Crippen molar-refractivity contribution in [3.8, 4) is 0 Å². The standard InChI is InChI=1S/C15H21NO3/c1-6-12(7-2)15(19-5)13-8-10(3)11(4)9-14(13)16(17)18/h8-9H,6-7H2,1-5H3. The molecule has 0 N–H and O–H groups in total. The third-order valence-electron chi connectivity index (χ3n) is 3.43. The number of methoxy groups -OCH3 is 1. The molecule has 0 fully saturated rings. The summed E-state index contributed by atoms with van der Waals surface area (Å²) in [5.41, 5.74) is 3.73. The molecule has 104 valence electrons. The van der Waals surface area contributed by atoms with Gasteiger partial charge in [-0.1, -0.05) is 13.8 Å². The number of nitro groups is 1. The summed E-state index contributed by atoms with van der Waals surface area (Å²) in [6.07, 6.45) is 1.65. The molecule has 0 aliphatic rings. The summed E-state index contributed by atoms with van der Waals surface area (Å²) in [7, 11) is 1.57. The van der Waals surface area contributed by atoms with Gasteiger partial charge in [0.15, 0.2) is 0 Å². The molecule has 1 rings (SSSR count). The van der Waals surface area contributed by atoms with Crippen LogP contribution in [0, 0.1) is 24.0 Å². The fourth-order valence-electron chi connectivity index (χ4n) is 2.15. The summed E-state index contributed by atoms with van der Waals surface area (Å²) < 4.78 is 5.44. The maximum Gasteiger partial charge on any atom is 0.280 e. The average Bonchev–Trinajstić information content (AvgIpc) is 2.38. The summed E-state index contributed by atoms with van der Waals surface area (Å²) in [5.74, 6) is 0.639. The van der Waals surface area contributed by atoms with Crippen molar-refractivity contribution >= 4 is 11.4 Å². The summed E-state index contributed by atoms with van der Waals surface area (Å²) >= 11 is 0. The number of hydrogen-bond donors (Lipinski definition) is 0. The van der Waals surface area contributed by atoms with Crippen molar-refractivity contribution in [3.05, 3.63) is 44.5 Å². The number of hydrogen-bond acceptors (Lipinski definition) is 3. The van der Waals surface area contributed by atoms with Gasteiger partial charge in [-0.2, -0.15) is 0 Å². The zero-order chi connectivity index (χ0) is 14.6. The van der Waals surface area contributed by atoms with Crippen molar-refractivity contribution in [2.75, 3.05) is 7.11 Å². The molecule has 0 aliphatic carbocycles. The predicted molar refractivity (Wildman–Crippen MR) is 77.1 cm³/mol. The first-order chi connectivity index (χ1) is 8.96. The van der Waals surface area contributed by atoms with Gasteiger partial charge in [0.1, 0.15) is 5.76 Å². The Morgan fingerprint density at radius 2 is 1.74 bits per heavy atom. The molecule has 0 saturated heterocycles. The molecule has 0 spiro atoms. The van der Waals surface area contributed by atoms with Gasteiger partial charge in [0, 0.05) is 6.07 Å². The predicted octanol–water partition coefficient (Wildman–Crippen LogP) is 4.39. The van der Waals surface area contributed by atoms with Crippen LogP contribution in [-0.2, 0) is 4.74 Å². The van der Waals surface area contributed by atoms with E-state index in [1.807, 2.05) is 33.8 Å². The summed E-state index contributed by atoms with van der Waals surface area (Å²) in [6.45, 7) is 7.89. The first kappa shape index (κ1) is 15.2. The third kappa shape index (κ3) is 3.13. The van der Waals surface area contributed by atoms with Gasteiger partial charge < -0.3 is 4.74 Å². The van der Waals surface area contributed by atoms with Crippen LogP contribution in [-0.4, -0.2) is 12.0 Å². The molecule has 0 bridgehead atoms. The van der Waals surface area contributed by atoms with Crippen molar-refractivity contribution in [1.82, 2.24) is 0 Å². The lowest BCUT2D eigenvalue weighted by Gasteiger charge is -2.14. The Bertz CT molecular complexity index is 512. The number of ether oxygens (including phenoxy) is 1. The van der Waals surface area contributed by atoms with Crippen LogP contribution in [0.4, 0.5) is 5.69 Å². The Labute approximate surface area is 114 Å². The Kier molecular flexibility index (Phi) is 5.10. The quantitative estimate of drug-likeness (QED) is 0.449. The van der Waals surface area contributed by atoms with E-state index in [4.69, 9.17) is 4.74 Å². The highest BCUT2D eigenvalue weighted by molar-refractivity contribution is 5.72. The monoisotopic (exact) mass is 263 g/mol. The van der Waals surface area contributed by atoms with Crippen molar-refractivity contribution in [3.63, 3.8) is 0 Å². The van der Waals surface area contributed by atoms with Crippen LogP contribution >= 0.6 is 0 Å². The fraction of sp³-hybridized carbons (Fsp3) is 0.467. The van der Waals surface area contributed by atoms with Gasteiger partial charge in [-0.3, -0.25) is 10.1 Å². The number of allylic oxidation sites excluding steroid dienone is 1. The number of nitrogens with zero attached hydrogens (tertiary/aromatic N) is 1. The minimum Gasteiger partial charge on any atom is -0.496 e. The van der Waals surface area contributed by atoms with Gasteiger partial charge in [-0.15, -0.1) is 0 Å². The highest BCUT2D eigenvalue weighted by atomic mass is 16.6. The van der Waals surface area contributed by atoms with Gasteiger partial charge in [0.2, 0.25) is 0 Å². The first-order valence-corrected chi connectivity index (χ1v) is 6.48. The topological polar surface area (TPSA) is 52.4 Å². The lowest BCUT2D eigenvalue weighted by atomic mass is 9.98. The maximum absolute atomic E-state index is 11.2. The van der Waals surface area contributed by atoms with Crippen LogP contribution < -0.4 is 0 Å². The lowest BCUT2D eigenvalue weighted by molar-refractivity contribution is -0.385. The summed E-state index contributed by atoms with van der Waals surface area (Å²) in [4.78, 5) is 10.9. The van der Waals surface area contributed by atoms with Crippen molar-refractivity contribution in [2.24, 2.45) is 0 Å². The maximum atomic E-state index is 11.2. The van der Waals surface area contributed by atoms with Crippen LogP contribution in [0.15, 0.2) is 17.7 Å². The highest BCUT2D eigenvalue weighted by Crippen LogP contribution is 2.33. The van der Waals surface area contributed by atoms with E-state index < -0.39 is 0 Å². The van der Waals surface area contributed by atoms with E-state index in [-0.39, 0.29) is 10.6 Å². The minimum absolute atomic E-state index is 0.111. The van der Waals surface area contributed by atoms with Gasteiger partial charge in [-0.25, -0.2) is 0 Å². The van der Waals surface area contributed by atoms with E-state index in [0.29, 0.717) is 11.3 Å². The van der Waals surface area contributed by atoms with Crippen LogP contribution in [0.25, 0.3) is 5.76 Å². The molecular formula is C15H21NO3. The molecule has 19 heavy (non-hydrogen) atoms. The number of aryl methyl sites for hydroxylation is 2. The minimum atomic E-state index is -0.344. The summed E-state index contributed by atoms with van der Waals surface area (Å²) in [5, 5.41) is 11.2. The smallest absolute Gasteiger partial charge is 0.280 e. The SMILES string of the molecule is CCC(CC)=C(OC)c1cc(C)c(C)cc1[N+](=O)[O-]. The third-order valence-corrected chi connectivity index (χ3v) is 3.43. The lowest BCUT2D eigenvalue weighted by Crippen LogP contribution is -2.01. The molecule has 0 unspecified atom stereocenters. The second kappa shape index (κ2) is 6.36. The van der Waals surface area contributed by atoms with E-state index >= 15 is 0 Å². The van der Waals surface area contributed by atoms with Crippen LogP contribution in [0.1, 0.15) is 43.4 Å². The molecule has 4 nitrogen and oxygen atoms in total. The molecule has 4 heteroatoms. The average molecular weight is 263 g/mol. The van der Waals surface area contributed by atoms with Crippen LogP contribution in [0.3, 0.4) is 0 Å². The van der Waals surface area contributed by atoms with Crippen molar-refractivity contribution in [2.45, 2.75) is 40.5 Å². The molecule has 0 heterocycles. The molecule has 1 aromatic rings. The number of benzene rings is 1. The number of rotatable bonds is 5. The van der Waals surface area contributed by atoms with E-state index in [1.165, 1.54) is 0 Å². The van der Waals surface area contributed by atoms with Gasteiger partial charge in [-0.05, 0) is 49.5 Å². The van der Waals surface area contributed by atoms with Crippen LogP contribution in [0.5, 0.6) is 0 Å². The van der Waals surface area contributed by atoms with E-state index in [2.05, 4.69) is 0 Å². The second-order valence-electron chi connectivity index (χ2n) is 4.55. The molecule has 0 saturated carbocycles. The fourth-order valence-corrected chi connectivity index (χ4v) is 2.15. The van der Waals surface area contributed by atoms with Crippen molar-refractivity contribution in [1.29, 1.82) is 0 Å². The Hall–Kier alpha value is -1.84. The van der Waals surface area contributed by atoms with Gasteiger partial charge >= 0.3 is 0 Å². The van der Waals surface area contributed by atoms with E-state index in [1.54, 1.807) is 13.2 Å². The molecule has 0 aromatic heterocycles.